The van der Waals surface area contributed by atoms with Crippen molar-refractivity contribution in [3.8, 4) is 0 Å². The molecule has 0 aliphatic carbocycles. The van der Waals surface area contributed by atoms with Gasteiger partial charge in [0.2, 0.25) is 0 Å². The summed E-state index contributed by atoms with van der Waals surface area (Å²) in [5.41, 5.74) is -0.487. The van der Waals surface area contributed by atoms with Gasteiger partial charge in [-0.15, -0.1) is 0 Å². The lowest BCUT2D eigenvalue weighted by Crippen LogP contribution is -2.50. The number of carbonyl (C=O) groups is 2. The molecule has 0 radical (unpaired) electrons. The summed E-state index contributed by atoms with van der Waals surface area (Å²) in [6.07, 6.45) is -0.215. The molecule has 0 aromatic heterocycles. The van der Waals surface area contributed by atoms with Crippen LogP contribution in [0.1, 0.15) is 23.7 Å². The van der Waals surface area contributed by atoms with Gasteiger partial charge < -0.3 is 15.2 Å². The first-order valence-electron chi connectivity index (χ1n) is 7.05. The number of carboxylic acid groups (broad SMARTS) is 1. The Bertz CT molecular complexity index is 746. The molecule has 122 valence electrons. The number of hydrogen-bond donors (Lipinski definition) is 2. The molecule has 0 aliphatic heterocycles. The highest BCUT2D eigenvalue weighted by atomic mass is 79.9. The first kappa shape index (κ1) is 17.4. The summed E-state index contributed by atoms with van der Waals surface area (Å²) in [4.78, 5) is 23.5. The fraction of sp³-hybridized carbons (Fsp3) is 0.294. The molecule has 0 bridgehead atoms. The Hall–Kier alpha value is -1.92. The first-order chi connectivity index (χ1) is 10.8. The number of ether oxygens (including phenoxy) is 1. The number of fused-ring (bicyclic) bond motifs is 1. The minimum atomic E-state index is -0.992. The largest absolute Gasteiger partial charge is 0.481 e. The number of carbonyl (C=O) groups excluding carboxylic acids is 1. The zero-order valence-corrected chi connectivity index (χ0v) is 14.5. The predicted molar refractivity (Wildman–Crippen MR) is 91.6 cm³/mol. The average molecular weight is 380 g/mol. The highest BCUT2D eigenvalue weighted by Crippen LogP contribution is 2.21. The molecule has 6 heteroatoms. The molecule has 2 rings (SSSR count). The summed E-state index contributed by atoms with van der Waals surface area (Å²) in [6.45, 7) is 1.77. The summed E-state index contributed by atoms with van der Waals surface area (Å²) >= 11 is 3.41. The highest BCUT2D eigenvalue weighted by Gasteiger charge is 2.30. The molecule has 2 N–H and O–H groups in total. The molecule has 0 saturated heterocycles. The van der Waals surface area contributed by atoms with Gasteiger partial charge in [0, 0.05) is 17.1 Å². The first-order valence-corrected chi connectivity index (χ1v) is 7.85. The van der Waals surface area contributed by atoms with Gasteiger partial charge in [-0.1, -0.05) is 28.1 Å². The SMILES string of the molecule is COCC(C)(CC(=O)O)NC(=O)c1ccc2cc(Br)ccc2c1. The van der Waals surface area contributed by atoms with Crippen LogP contribution < -0.4 is 5.32 Å². The van der Waals surface area contributed by atoms with Gasteiger partial charge in [-0.25, -0.2) is 0 Å². The number of benzene rings is 2. The van der Waals surface area contributed by atoms with E-state index in [0.29, 0.717) is 5.56 Å². The topological polar surface area (TPSA) is 75.6 Å². The number of carboxylic acids is 1. The summed E-state index contributed by atoms with van der Waals surface area (Å²) in [7, 11) is 1.47. The molecule has 1 unspecified atom stereocenters. The third-order valence-corrected chi connectivity index (χ3v) is 3.98. The average Bonchev–Trinajstić information content (AvgIpc) is 2.45. The van der Waals surface area contributed by atoms with Crippen LogP contribution in [0.5, 0.6) is 0 Å². The Morgan fingerprint density at radius 3 is 2.52 bits per heavy atom. The van der Waals surface area contributed by atoms with Gasteiger partial charge in [0.05, 0.1) is 18.6 Å². The van der Waals surface area contributed by atoms with Crippen LogP contribution in [0.25, 0.3) is 10.8 Å². The Morgan fingerprint density at radius 1 is 1.22 bits per heavy atom. The van der Waals surface area contributed by atoms with E-state index in [2.05, 4.69) is 21.2 Å². The second kappa shape index (κ2) is 7.10. The number of methoxy groups -OCH3 is 1. The van der Waals surface area contributed by atoms with Crippen LogP contribution in [0.3, 0.4) is 0 Å². The Morgan fingerprint density at radius 2 is 1.87 bits per heavy atom. The monoisotopic (exact) mass is 379 g/mol. The molecule has 0 fully saturated rings. The van der Waals surface area contributed by atoms with Gasteiger partial charge in [-0.3, -0.25) is 9.59 Å². The fourth-order valence-corrected chi connectivity index (χ4v) is 2.87. The molecule has 1 atom stereocenters. The van der Waals surface area contributed by atoms with Gasteiger partial charge in [0.15, 0.2) is 0 Å². The van der Waals surface area contributed by atoms with Crippen molar-refractivity contribution >= 4 is 38.6 Å². The van der Waals surface area contributed by atoms with Crippen molar-refractivity contribution in [2.24, 2.45) is 0 Å². The van der Waals surface area contributed by atoms with Crippen molar-refractivity contribution in [2.45, 2.75) is 18.9 Å². The van der Waals surface area contributed by atoms with Crippen molar-refractivity contribution in [3.63, 3.8) is 0 Å². The molecule has 2 aromatic carbocycles. The van der Waals surface area contributed by atoms with E-state index in [0.717, 1.165) is 15.2 Å². The zero-order valence-electron chi connectivity index (χ0n) is 12.9. The Balaban J connectivity index is 2.25. The molecule has 0 spiro atoms. The molecular weight excluding hydrogens is 362 g/mol. The van der Waals surface area contributed by atoms with E-state index < -0.39 is 11.5 Å². The second-order valence-corrected chi connectivity index (χ2v) is 6.64. The summed E-state index contributed by atoms with van der Waals surface area (Å²) in [5, 5.41) is 13.7. The van der Waals surface area contributed by atoms with Crippen LogP contribution in [0.15, 0.2) is 40.9 Å². The number of aliphatic carboxylic acids is 1. The minimum Gasteiger partial charge on any atom is -0.481 e. The quantitative estimate of drug-likeness (QED) is 0.807. The van der Waals surface area contributed by atoms with Crippen LogP contribution in [0.2, 0.25) is 0 Å². The summed E-state index contributed by atoms with van der Waals surface area (Å²) in [6, 6.07) is 11.2. The number of nitrogens with one attached hydrogen (secondary N) is 1. The van der Waals surface area contributed by atoms with Crippen molar-refractivity contribution in [3.05, 3.63) is 46.4 Å². The maximum atomic E-state index is 12.5. The zero-order chi connectivity index (χ0) is 17.0. The smallest absolute Gasteiger partial charge is 0.305 e. The van der Waals surface area contributed by atoms with E-state index in [1.807, 2.05) is 24.3 Å². The number of rotatable bonds is 6. The second-order valence-electron chi connectivity index (χ2n) is 5.72. The molecule has 0 saturated carbocycles. The van der Waals surface area contributed by atoms with Crippen molar-refractivity contribution in [1.29, 1.82) is 0 Å². The van der Waals surface area contributed by atoms with Crippen LogP contribution in [-0.4, -0.2) is 36.2 Å². The van der Waals surface area contributed by atoms with Crippen LogP contribution in [-0.2, 0) is 9.53 Å². The van der Waals surface area contributed by atoms with Gasteiger partial charge in [-0.05, 0) is 42.0 Å². The molecule has 0 heterocycles. The summed E-state index contributed by atoms with van der Waals surface area (Å²) < 4.78 is 6.01. The number of amides is 1. The Kier molecular flexibility index (Phi) is 5.38. The van der Waals surface area contributed by atoms with Gasteiger partial charge >= 0.3 is 5.97 Å². The molecule has 23 heavy (non-hydrogen) atoms. The van der Waals surface area contributed by atoms with E-state index in [1.54, 1.807) is 19.1 Å². The van der Waals surface area contributed by atoms with E-state index in [-0.39, 0.29) is 18.9 Å². The minimum absolute atomic E-state index is 0.117. The van der Waals surface area contributed by atoms with Gasteiger partial charge in [0.1, 0.15) is 0 Å². The van der Waals surface area contributed by atoms with Crippen LogP contribution in [0, 0.1) is 0 Å². The van der Waals surface area contributed by atoms with Crippen molar-refractivity contribution in [2.75, 3.05) is 13.7 Å². The van der Waals surface area contributed by atoms with Crippen LogP contribution in [0.4, 0.5) is 0 Å². The van der Waals surface area contributed by atoms with E-state index >= 15 is 0 Å². The maximum Gasteiger partial charge on any atom is 0.305 e. The van der Waals surface area contributed by atoms with E-state index in [4.69, 9.17) is 9.84 Å². The van der Waals surface area contributed by atoms with Crippen LogP contribution >= 0.6 is 15.9 Å². The lowest BCUT2D eigenvalue weighted by Gasteiger charge is -2.28. The van der Waals surface area contributed by atoms with Gasteiger partial charge in [-0.2, -0.15) is 0 Å². The maximum absolute atomic E-state index is 12.5. The summed E-state index contributed by atoms with van der Waals surface area (Å²) in [5.74, 6) is -1.32. The lowest BCUT2D eigenvalue weighted by atomic mass is 9.98. The number of hydrogen-bond acceptors (Lipinski definition) is 3. The number of halogens is 1. The van der Waals surface area contributed by atoms with Crippen molar-refractivity contribution < 1.29 is 19.4 Å². The lowest BCUT2D eigenvalue weighted by molar-refractivity contribution is -0.139. The predicted octanol–water partition coefficient (Wildman–Crippen LogP) is 3.21. The molecule has 5 nitrogen and oxygen atoms in total. The molecular formula is C17H18BrNO4. The third-order valence-electron chi connectivity index (χ3n) is 3.48. The fourth-order valence-electron chi connectivity index (χ4n) is 2.49. The Labute approximate surface area is 142 Å². The van der Waals surface area contributed by atoms with E-state index in [9.17, 15) is 9.59 Å². The normalized spacial score (nSPS) is 13.5. The standard InChI is InChI=1S/C17H18BrNO4/c1-17(10-23-2,9-15(20)21)19-16(22)13-4-3-12-8-14(18)6-5-11(12)7-13/h3-8H,9-10H2,1-2H3,(H,19,22)(H,20,21). The van der Waals surface area contributed by atoms with Crippen molar-refractivity contribution in [1.82, 2.24) is 5.32 Å². The molecule has 2 aromatic rings. The third kappa shape index (κ3) is 4.53. The highest BCUT2D eigenvalue weighted by molar-refractivity contribution is 9.10. The molecule has 1 amide bonds. The van der Waals surface area contributed by atoms with Gasteiger partial charge in [0.25, 0.3) is 5.91 Å². The van der Waals surface area contributed by atoms with E-state index in [1.165, 1.54) is 7.11 Å². The molecule has 0 aliphatic rings.